The molecule has 0 fully saturated rings. The molecule has 0 aliphatic rings. The van der Waals surface area contributed by atoms with Gasteiger partial charge in [-0.2, -0.15) is 0 Å². The maximum atomic E-state index is 11.9. The van der Waals surface area contributed by atoms with Crippen molar-refractivity contribution >= 4 is 34.0 Å². The average Bonchev–Trinajstić information content (AvgIpc) is 2.78. The lowest BCUT2D eigenvalue weighted by Gasteiger charge is -2.32. The number of hydrogen-bond acceptors (Lipinski definition) is 10. The van der Waals surface area contributed by atoms with Crippen LogP contribution in [-0.4, -0.2) is 92.5 Å². The standard InChI is InChI=1S/C9H20NO5P.C7H13NO2.C2H6O3P/c1-6-10(8(3)11)7(2)9(12)16(13,14-4)15-5;1-4-8(7(3)10)6(2)5-9;1-4-6(3)5-2/h7,9,12H,6H2,1-5H3;5-6H,4H2,1-3H3;1-2H3/q;;+1/t7-,9?;6-;/m00./s1. The van der Waals surface area contributed by atoms with Crippen LogP contribution in [0, 0.1) is 0 Å². The van der Waals surface area contributed by atoms with Crippen molar-refractivity contribution in [1.29, 1.82) is 0 Å². The Bertz CT molecular complexity index is 607. The molecule has 0 saturated carbocycles. The van der Waals surface area contributed by atoms with E-state index in [1.54, 1.807) is 20.8 Å². The zero-order chi connectivity index (χ0) is 26.1. The molecule has 0 bridgehead atoms. The van der Waals surface area contributed by atoms with Gasteiger partial charge in [0.2, 0.25) is 11.8 Å². The summed E-state index contributed by atoms with van der Waals surface area (Å²) in [5.41, 5.74) is 0. The van der Waals surface area contributed by atoms with Gasteiger partial charge in [0.05, 0.1) is 26.3 Å². The molecule has 3 atom stereocenters. The molecule has 32 heavy (non-hydrogen) atoms. The number of amides is 2. The van der Waals surface area contributed by atoms with Crippen molar-refractivity contribution in [2.45, 2.75) is 59.5 Å². The van der Waals surface area contributed by atoms with Gasteiger partial charge in [0.1, 0.15) is 6.29 Å². The lowest BCUT2D eigenvalue weighted by atomic mass is 10.3. The minimum absolute atomic E-state index is 0.0536. The van der Waals surface area contributed by atoms with Crippen LogP contribution in [0.2, 0.25) is 0 Å². The number of likely N-dealkylation sites (N-methyl/N-ethyl adjacent to an activating group) is 2. The van der Waals surface area contributed by atoms with E-state index in [4.69, 9.17) is 0 Å². The molecule has 0 saturated heterocycles. The van der Waals surface area contributed by atoms with Gasteiger partial charge >= 0.3 is 15.9 Å². The topological polar surface area (TPSA) is 149 Å². The van der Waals surface area contributed by atoms with Gasteiger partial charge < -0.3 is 28.7 Å². The average molecular weight is 505 g/mol. The van der Waals surface area contributed by atoms with Crippen molar-refractivity contribution < 1.29 is 46.7 Å². The van der Waals surface area contributed by atoms with Crippen LogP contribution in [0.15, 0.2) is 0 Å². The van der Waals surface area contributed by atoms with Gasteiger partial charge in [-0.05, 0) is 27.7 Å². The van der Waals surface area contributed by atoms with E-state index in [9.17, 15) is 28.6 Å². The van der Waals surface area contributed by atoms with Crippen molar-refractivity contribution in [2.75, 3.05) is 41.5 Å². The van der Waals surface area contributed by atoms with E-state index in [-0.39, 0.29) is 17.9 Å². The second-order valence-corrected chi connectivity index (χ2v) is 9.65. The van der Waals surface area contributed by atoms with Gasteiger partial charge in [-0.1, -0.05) is 0 Å². The first-order valence-electron chi connectivity index (χ1n) is 9.72. The quantitative estimate of drug-likeness (QED) is 0.328. The summed E-state index contributed by atoms with van der Waals surface area (Å²) in [7, 11) is -0.359. The molecule has 190 valence electrons. The molecule has 0 aromatic rings. The van der Waals surface area contributed by atoms with Crippen LogP contribution in [0.25, 0.3) is 0 Å². The fraction of sp³-hybridized carbons (Fsp3) is 0.833. The minimum atomic E-state index is -3.57. The summed E-state index contributed by atoms with van der Waals surface area (Å²) in [5, 5.41) is 9.88. The lowest BCUT2D eigenvalue weighted by Crippen LogP contribution is -2.44. The molecule has 1 N–H and O–H groups in total. The molecular formula is C18H39N2O10P2+. The number of aldehydes is 1. The van der Waals surface area contributed by atoms with Crippen LogP contribution in [0.4, 0.5) is 0 Å². The SMILES string of the molecule is CCN(C(C)=O)[C@@H](C)C(O)P(=O)(OC)OC.CCN(C(C)=O)[C@@H](C)C=O.CO[P+](=O)OC. The molecular weight excluding hydrogens is 466 g/mol. The molecule has 0 aromatic heterocycles. The molecule has 0 aliphatic carbocycles. The lowest BCUT2D eigenvalue weighted by molar-refractivity contribution is -0.133. The first-order chi connectivity index (χ1) is 14.8. The fourth-order valence-electron chi connectivity index (χ4n) is 2.46. The van der Waals surface area contributed by atoms with Crippen molar-refractivity contribution in [3.63, 3.8) is 0 Å². The normalized spacial score (nSPS) is 13.2. The predicted molar refractivity (Wildman–Crippen MR) is 120 cm³/mol. The maximum absolute atomic E-state index is 11.9. The summed E-state index contributed by atoms with van der Waals surface area (Å²) < 4.78 is 39.5. The summed E-state index contributed by atoms with van der Waals surface area (Å²) in [6, 6.07) is -0.921. The summed E-state index contributed by atoms with van der Waals surface area (Å²) in [6.45, 7) is 10.8. The van der Waals surface area contributed by atoms with Crippen LogP contribution in [0.5, 0.6) is 0 Å². The molecule has 0 aromatic carbocycles. The second-order valence-electron chi connectivity index (χ2n) is 6.13. The van der Waals surface area contributed by atoms with E-state index in [1.165, 1.54) is 52.1 Å². The monoisotopic (exact) mass is 505 g/mol. The zero-order valence-corrected chi connectivity index (χ0v) is 22.4. The third-order valence-corrected chi connectivity index (χ3v) is 6.93. The third kappa shape index (κ3) is 13.3. The van der Waals surface area contributed by atoms with Crippen LogP contribution in [-0.2, 0) is 41.6 Å². The first kappa shape index (κ1) is 35.3. The Kier molecular flexibility index (Phi) is 21.2. The van der Waals surface area contributed by atoms with Crippen LogP contribution in [0.3, 0.4) is 0 Å². The minimum Gasteiger partial charge on any atom is -0.379 e. The van der Waals surface area contributed by atoms with Crippen molar-refractivity contribution in [3.05, 3.63) is 0 Å². The molecule has 0 spiro atoms. The Morgan fingerprint density at radius 2 is 1.34 bits per heavy atom. The van der Waals surface area contributed by atoms with Crippen LogP contribution >= 0.6 is 15.9 Å². The highest BCUT2D eigenvalue weighted by atomic mass is 31.2. The molecule has 0 radical (unpaired) electrons. The second kappa shape index (κ2) is 19.2. The number of aliphatic hydroxyl groups excluding tert-OH is 1. The Morgan fingerprint density at radius 1 is 0.969 bits per heavy atom. The molecule has 0 rings (SSSR count). The van der Waals surface area contributed by atoms with Gasteiger partial charge in [0.25, 0.3) is 0 Å². The molecule has 2 amide bonds. The number of nitrogens with zero attached hydrogens (tertiary/aromatic N) is 2. The number of carbonyl (C=O) groups excluding carboxylic acids is 3. The molecule has 12 nitrogen and oxygen atoms in total. The van der Waals surface area contributed by atoms with E-state index in [0.29, 0.717) is 13.1 Å². The Hall–Kier alpha value is -1.26. The Morgan fingerprint density at radius 3 is 1.50 bits per heavy atom. The summed E-state index contributed by atoms with van der Waals surface area (Å²) in [6.07, 6.45) is 0.769. The summed E-state index contributed by atoms with van der Waals surface area (Å²) in [4.78, 5) is 35.1. The van der Waals surface area contributed by atoms with Crippen molar-refractivity contribution in [1.82, 2.24) is 9.80 Å². The van der Waals surface area contributed by atoms with E-state index in [2.05, 4.69) is 18.1 Å². The first-order valence-corrected chi connectivity index (χ1v) is 12.4. The summed E-state index contributed by atoms with van der Waals surface area (Å²) >= 11 is 0. The van der Waals surface area contributed by atoms with Crippen molar-refractivity contribution in [3.8, 4) is 0 Å². The van der Waals surface area contributed by atoms with Gasteiger partial charge in [-0.3, -0.25) is 14.2 Å². The highest BCUT2D eigenvalue weighted by molar-refractivity contribution is 7.54. The number of rotatable bonds is 11. The predicted octanol–water partition coefficient (Wildman–Crippen LogP) is 2.43. The summed E-state index contributed by atoms with van der Waals surface area (Å²) in [5.74, 6) is -1.61. The zero-order valence-electron chi connectivity index (χ0n) is 20.6. The van der Waals surface area contributed by atoms with E-state index in [0.717, 1.165) is 6.29 Å². The fourth-order valence-corrected chi connectivity index (χ4v) is 3.88. The third-order valence-electron chi connectivity index (χ3n) is 4.23. The van der Waals surface area contributed by atoms with Crippen LogP contribution < -0.4 is 0 Å². The van der Waals surface area contributed by atoms with Gasteiger partial charge in [-0.25, -0.2) is 0 Å². The molecule has 14 heteroatoms. The highest BCUT2D eigenvalue weighted by Gasteiger charge is 2.39. The highest BCUT2D eigenvalue weighted by Crippen LogP contribution is 2.52. The van der Waals surface area contributed by atoms with E-state index in [1.807, 2.05) is 6.92 Å². The molecule has 0 aliphatic heterocycles. The van der Waals surface area contributed by atoms with E-state index >= 15 is 0 Å². The number of hydrogen-bond donors (Lipinski definition) is 1. The van der Waals surface area contributed by atoms with Crippen LogP contribution in [0.1, 0.15) is 41.5 Å². The number of carbonyl (C=O) groups is 3. The van der Waals surface area contributed by atoms with Crippen molar-refractivity contribution in [2.24, 2.45) is 0 Å². The van der Waals surface area contributed by atoms with Gasteiger partial charge in [-0.15, -0.1) is 9.05 Å². The molecule has 0 heterocycles. The number of aliphatic hydroxyl groups is 1. The largest absolute Gasteiger partial charge is 0.696 e. The van der Waals surface area contributed by atoms with Gasteiger partial charge in [0.15, 0.2) is 5.85 Å². The smallest absolute Gasteiger partial charge is 0.379 e. The Labute approximate surface area is 192 Å². The molecule has 1 unspecified atom stereocenters. The van der Waals surface area contributed by atoms with Gasteiger partial charge in [0, 0.05) is 45.7 Å². The van der Waals surface area contributed by atoms with E-state index < -0.39 is 27.7 Å². The Balaban J connectivity index is -0.000000446. The maximum Gasteiger partial charge on any atom is 0.696 e.